The lowest BCUT2D eigenvalue weighted by Crippen LogP contribution is -2.38. The quantitative estimate of drug-likeness (QED) is 0.637. The molecule has 0 unspecified atom stereocenters. The maximum absolute atomic E-state index is 12.7. The van der Waals surface area contributed by atoms with E-state index in [0.29, 0.717) is 11.3 Å². The lowest BCUT2D eigenvalue weighted by Gasteiger charge is -2.31. The molecule has 0 atom stereocenters. The summed E-state index contributed by atoms with van der Waals surface area (Å²) in [6, 6.07) is 4.82. The van der Waals surface area contributed by atoms with Crippen LogP contribution in [0.15, 0.2) is 36.9 Å². The van der Waals surface area contributed by atoms with E-state index in [4.69, 9.17) is 0 Å². The molecule has 0 N–H and O–H groups in total. The number of imidazole rings is 1. The summed E-state index contributed by atoms with van der Waals surface area (Å²) in [7, 11) is 1.79. The maximum Gasteiger partial charge on any atom is 0.294 e. The Hall–Kier alpha value is -2.70. The van der Waals surface area contributed by atoms with Gasteiger partial charge in [0.1, 0.15) is 5.69 Å². The van der Waals surface area contributed by atoms with Gasteiger partial charge in [-0.3, -0.25) is 14.9 Å². The van der Waals surface area contributed by atoms with Crippen LogP contribution < -0.4 is 0 Å². The van der Waals surface area contributed by atoms with Gasteiger partial charge in [-0.25, -0.2) is 4.98 Å². The number of hydrogen-bond donors (Lipinski definition) is 0. The first-order chi connectivity index (χ1) is 11.6. The number of carbonyl (C=O) groups is 1. The zero-order chi connectivity index (χ0) is 17.1. The van der Waals surface area contributed by atoms with Crippen LogP contribution in [0.5, 0.6) is 0 Å². The number of aromatic nitrogens is 2. The molecule has 0 radical (unpaired) electrons. The van der Waals surface area contributed by atoms with E-state index in [0.717, 1.165) is 25.7 Å². The van der Waals surface area contributed by atoms with Gasteiger partial charge in [-0.05, 0) is 25.0 Å². The van der Waals surface area contributed by atoms with Gasteiger partial charge in [0.2, 0.25) is 0 Å². The van der Waals surface area contributed by atoms with Gasteiger partial charge in [0.25, 0.3) is 11.6 Å². The normalized spacial score (nSPS) is 15.2. The summed E-state index contributed by atoms with van der Waals surface area (Å²) in [6.45, 7) is 0. The van der Waals surface area contributed by atoms with Crippen LogP contribution in [-0.2, 0) is 0 Å². The fraction of sp³-hybridized carbons (Fsp3) is 0.412. The topological polar surface area (TPSA) is 81.3 Å². The minimum Gasteiger partial charge on any atom is -0.339 e. The number of carbonyl (C=O) groups excluding carboxylic acids is 1. The van der Waals surface area contributed by atoms with Crippen molar-refractivity contribution in [1.29, 1.82) is 0 Å². The molecule has 1 aliphatic carbocycles. The predicted octanol–water partition coefficient (Wildman–Crippen LogP) is 3.19. The zero-order valence-corrected chi connectivity index (χ0v) is 13.6. The molecule has 1 aromatic heterocycles. The molecule has 7 heteroatoms. The number of rotatable bonds is 4. The van der Waals surface area contributed by atoms with Crippen molar-refractivity contribution in [3.63, 3.8) is 0 Å². The van der Waals surface area contributed by atoms with E-state index in [9.17, 15) is 14.9 Å². The van der Waals surface area contributed by atoms with Crippen molar-refractivity contribution in [1.82, 2.24) is 14.5 Å². The Bertz CT molecular complexity index is 736. The second-order valence-electron chi connectivity index (χ2n) is 6.14. The summed E-state index contributed by atoms with van der Waals surface area (Å²) >= 11 is 0. The minimum atomic E-state index is -0.466. The Morgan fingerprint density at radius 1 is 1.33 bits per heavy atom. The maximum atomic E-state index is 12.7. The van der Waals surface area contributed by atoms with Crippen molar-refractivity contribution in [2.24, 2.45) is 0 Å². The van der Waals surface area contributed by atoms with Crippen LogP contribution in [0.1, 0.15) is 42.5 Å². The third-order valence-electron chi connectivity index (χ3n) is 4.64. The molecule has 1 fully saturated rings. The molecule has 0 saturated heterocycles. The summed E-state index contributed by atoms with van der Waals surface area (Å²) in [5.74, 6) is -0.165. The number of amides is 1. The van der Waals surface area contributed by atoms with Gasteiger partial charge in [-0.1, -0.05) is 19.3 Å². The third kappa shape index (κ3) is 3.15. The Kier molecular flexibility index (Phi) is 4.59. The van der Waals surface area contributed by atoms with E-state index < -0.39 is 4.92 Å². The Morgan fingerprint density at radius 2 is 2.08 bits per heavy atom. The summed E-state index contributed by atoms with van der Waals surface area (Å²) in [4.78, 5) is 29.3. The first-order valence-corrected chi connectivity index (χ1v) is 8.12. The van der Waals surface area contributed by atoms with Crippen molar-refractivity contribution < 1.29 is 9.72 Å². The molecule has 1 aliphatic rings. The minimum absolute atomic E-state index is 0.101. The molecular formula is C17H20N4O3. The average Bonchev–Trinajstić information content (AvgIpc) is 3.15. The first-order valence-electron chi connectivity index (χ1n) is 8.12. The van der Waals surface area contributed by atoms with E-state index in [2.05, 4.69) is 4.98 Å². The number of nitro groups is 1. The van der Waals surface area contributed by atoms with Gasteiger partial charge >= 0.3 is 0 Å². The van der Waals surface area contributed by atoms with Gasteiger partial charge < -0.3 is 9.47 Å². The van der Waals surface area contributed by atoms with E-state index in [1.54, 1.807) is 41.0 Å². The standard InChI is InChI=1S/C17H20N4O3/c1-19(14-5-3-2-4-6-14)17(22)13-7-8-15(16(11-13)21(23)24)20-10-9-18-12-20/h7-12,14H,2-6H2,1H3. The van der Waals surface area contributed by atoms with Crippen molar-refractivity contribution >= 4 is 11.6 Å². The zero-order valence-electron chi connectivity index (χ0n) is 13.6. The smallest absolute Gasteiger partial charge is 0.294 e. The third-order valence-corrected chi connectivity index (χ3v) is 4.64. The van der Waals surface area contributed by atoms with Crippen molar-refractivity contribution in [2.75, 3.05) is 7.05 Å². The van der Waals surface area contributed by atoms with Crippen LogP contribution >= 0.6 is 0 Å². The van der Waals surface area contributed by atoms with E-state index in [1.807, 2.05) is 0 Å². The molecule has 0 aliphatic heterocycles. The van der Waals surface area contributed by atoms with E-state index >= 15 is 0 Å². The highest BCUT2D eigenvalue weighted by Crippen LogP contribution is 2.27. The Morgan fingerprint density at radius 3 is 2.71 bits per heavy atom. The summed E-state index contributed by atoms with van der Waals surface area (Å²) in [5.41, 5.74) is 0.643. The molecule has 1 heterocycles. The molecule has 0 spiro atoms. The van der Waals surface area contributed by atoms with Crippen LogP contribution in [-0.4, -0.2) is 38.4 Å². The van der Waals surface area contributed by atoms with Crippen molar-refractivity contribution in [3.8, 4) is 5.69 Å². The highest BCUT2D eigenvalue weighted by Gasteiger charge is 2.25. The fourth-order valence-electron chi connectivity index (χ4n) is 3.26. The van der Waals surface area contributed by atoms with Gasteiger partial charge in [0, 0.05) is 37.1 Å². The highest BCUT2D eigenvalue weighted by atomic mass is 16.6. The summed E-state index contributed by atoms with van der Waals surface area (Å²) < 4.78 is 1.57. The fourth-order valence-corrected chi connectivity index (χ4v) is 3.26. The van der Waals surface area contributed by atoms with Gasteiger partial charge in [0.05, 0.1) is 11.3 Å². The molecular weight excluding hydrogens is 308 g/mol. The molecule has 7 nitrogen and oxygen atoms in total. The summed E-state index contributed by atoms with van der Waals surface area (Å²) in [5, 5.41) is 11.4. The molecule has 1 amide bonds. The Balaban J connectivity index is 1.89. The largest absolute Gasteiger partial charge is 0.339 e. The molecule has 0 bridgehead atoms. The molecule has 1 aromatic carbocycles. The molecule has 3 rings (SSSR count). The van der Waals surface area contributed by atoms with Gasteiger partial charge in [-0.2, -0.15) is 0 Å². The van der Waals surface area contributed by atoms with Crippen LogP contribution in [0.2, 0.25) is 0 Å². The van der Waals surface area contributed by atoms with Crippen LogP contribution in [0.25, 0.3) is 5.69 Å². The SMILES string of the molecule is CN(C(=O)c1ccc(-n2ccnc2)c([N+](=O)[O-])c1)C1CCCCC1. The Labute approximate surface area is 140 Å². The molecule has 126 valence electrons. The first kappa shape index (κ1) is 16.2. The highest BCUT2D eigenvalue weighted by molar-refractivity contribution is 5.95. The van der Waals surface area contributed by atoms with Crippen molar-refractivity contribution in [2.45, 2.75) is 38.1 Å². The van der Waals surface area contributed by atoms with E-state index in [1.165, 1.54) is 18.8 Å². The van der Waals surface area contributed by atoms with Gasteiger partial charge in [0.15, 0.2) is 0 Å². The summed E-state index contributed by atoms with van der Waals surface area (Å²) in [6.07, 6.45) is 10.2. The lowest BCUT2D eigenvalue weighted by atomic mass is 9.94. The lowest BCUT2D eigenvalue weighted by molar-refractivity contribution is -0.384. The number of benzene rings is 1. The molecule has 24 heavy (non-hydrogen) atoms. The van der Waals surface area contributed by atoms with Crippen molar-refractivity contribution in [3.05, 3.63) is 52.6 Å². The number of nitrogens with zero attached hydrogens (tertiary/aromatic N) is 4. The van der Waals surface area contributed by atoms with Crippen LogP contribution in [0.3, 0.4) is 0 Å². The van der Waals surface area contributed by atoms with E-state index in [-0.39, 0.29) is 17.6 Å². The molecule has 1 saturated carbocycles. The second kappa shape index (κ2) is 6.82. The number of hydrogen-bond acceptors (Lipinski definition) is 4. The average molecular weight is 328 g/mol. The monoisotopic (exact) mass is 328 g/mol. The van der Waals surface area contributed by atoms with Crippen LogP contribution in [0, 0.1) is 10.1 Å². The second-order valence-corrected chi connectivity index (χ2v) is 6.14. The predicted molar refractivity (Wildman–Crippen MR) is 89.2 cm³/mol. The van der Waals surface area contributed by atoms with Gasteiger partial charge in [-0.15, -0.1) is 0 Å². The van der Waals surface area contributed by atoms with Crippen LogP contribution in [0.4, 0.5) is 5.69 Å². The number of nitro benzene ring substituents is 1. The molecule has 2 aromatic rings.